The Hall–Kier alpha value is -2.30. The number of ketones is 1. The van der Waals surface area contributed by atoms with Crippen LogP contribution in [0.1, 0.15) is 13.8 Å². The lowest BCUT2D eigenvalue weighted by Crippen LogP contribution is -2.27. The van der Waals surface area contributed by atoms with Gasteiger partial charge in [-0.25, -0.2) is 0 Å². The Morgan fingerprint density at radius 3 is 2.29 bits per heavy atom. The molecule has 0 unspecified atom stereocenters. The van der Waals surface area contributed by atoms with Crippen LogP contribution in [0.15, 0.2) is 42.2 Å². The molecule has 0 radical (unpaired) electrons. The van der Waals surface area contributed by atoms with E-state index in [4.69, 9.17) is 0 Å². The second kappa shape index (κ2) is 6.32. The number of allylic oxidation sites excluding steroid dienone is 1. The lowest BCUT2D eigenvalue weighted by molar-refractivity contribution is -0.121. The van der Waals surface area contributed by atoms with E-state index in [1.807, 2.05) is 30.3 Å². The van der Waals surface area contributed by atoms with E-state index in [2.05, 4.69) is 16.2 Å². The summed E-state index contributed by atoms with van der Waals surface area (Å²) in [4.78, 5) is 22.0. The molecule has 0 saturated carbocycles. The first kappa shape index (κ1) is 12.8. The summed E-state index contributed by atoms with van der Waals surface area (Å²) in [6.45, 7) is 2.73. The minimum atomic E-state index is -0.284. The van der Waals surface area contributed by atoms with Gasteiger partial charge in [0.2, 0.25) is 5.91 Å². The number of hydrazine groups is 1. The Kier molecular flexibility index (Phi) is 4.75. The molecule has 3 N–H and O–H groups in total. The second-order valence-corrected chi connectivity index (χ2v) is 3.43. The first-order valence-corrected chi connectivity index (χ1v) is 5.15. The number of nitrogens with one attached hydrogen (secondary N) is 3. The van der Waals surface area contributed by atoms with E-state index in [9.17, 15) is 9.59 Å². The summed E-state index contributed by atoms with van der Waals surface area (Å²) in [7, 11) is 0. The molecule has 0 aliphatic carbocycles. The van der Waals surface area contributed by atoms with Gasteiger partial charge in [-0.1, -0.05) is 18.2 Å². The van der Waals surface area contributed by atoms with Crippen LogP contribution in [0.4, 0.5) is 5.69 Å². The van der Waals surface area contributed by atoms with Gasteiger partial charge in [-0.3, -0.25) is 9.59 Å². The van der Waals surface area contributed by atoms with Gasteiger partial charge in [-0.05, 0) is 12.1 Å². The number of para-hydroxylation sites is 1. The maximum absolute atomic E-state index is 11.2. The number of hydrogen-bond donors (Lipinski definition) is 3. The molecule has 90 valence electrons. The van der Waals surface area contributed by atoms with Crippen LogP contribution in [-0.2, 0) is 9.59 Å². The smallest absolute Gasteiger partial charge is 0.221 e. The van der Waals surface area contributed by atoms with Crippen molar-refractivity contribution in [2.45, 2.75) is 13.8 Å². The zero-order chi connectivity index (χ0) is 12.7. The van der Waals surface area contributed by atoms with Gasteiger partial charge >= 0.3 is 0 Å². The Labute approximate surface area is 99.9 Å². The normalized spacial score (nSPS) is 10.6. The SMILES string of the molecule is CC(=O)N/C(=C/NNc1ccccc1)C(C)=O. The van der Waals surface area contributed by atoms with Crippen LogP contribution in [0.3, 0.4) is 0 Å². The Balaban J connectivity index is 2.55. The largest absolute Gasteiger partial charge is 0.322 e. The number of anilines is 1. The van der Waals surface area contributed by atoms with E-state index in [1.54, 1.807) is 0 Å². The third-order valence-electron chi connectivity index (χ3n) is 1.90. The molecule has 0 bridgehead atoms. The molecule has 0 heterocycles. The van der Waals surface area contributed by atoms with Crippen LogP contribution in [-0.4, -0.2) is 11.7 Å². The third kappa shape index (κ3) is 4.83. The molecule has 1 amide bonds. The summed E-state index contributed by atoms with van der Waals surface area (Å²) in [5.74, 6) is -0.504. The monoisotopic (exact) mass is 233 g/mol. The fourth-order valence-corrected chi connectivity index (χ4v) is 1.13. The summed E-state index contributed by atoms with van der Waals surface area (Å²) in [6.07, 6.45) is 1.41. The van der Waals surface area contributed by atoms with E-state index < -0.39 is 0 Å². The van der Waals surface area contributed by atoms with E-state index >= 15 is 0 Å². The zero-order valence-electron chi connectivity index (χ0n) is 9.78. The number of carbonyl (C=O) groups excluding carboxylic acids is 2. The zero-order valence-corrected chi connectivity index (χ0v) is 9.78. The van der Waals surface area contributed by atoms with Crippen LogP contribution < -0.4 is 16.2 Å². The summed E-state index contributed by atoms with van der Waals surface area (Å²) in [5.41, 5.74) is 6.68. The molecule has 0 atom stereocenters. The van der Waals surface area contributed by atoms with Gasteiger partial charge in [0.15, 0.2) is 5.78 Å². The van der Waals surface area contributed by atoms with Gasteiger partial charge < -0.3 is 16.2 Å². The van der Waals surface area contributed by atoms with Crippen molar-refractivity contribution in [1.29, 1.82) is 0 Å². The number of hydrogen-bond acceptors (Lipinski definition) is 4. The molecular weight excluding hydrogens is 218 g/mol. The van der Waals surface area contributed by atoms with Crippen molar-refractivity contribution in [2.24, 2.45) is 0 Å². The molecule has 1 aromatic carbocycles. The van der Waals surface area contributed by atoms with E-state index in [1.165, 1.54) is 20.0 Å². The summed E-state index contributed by atoms with van der Waals surface area (Å²) in [6, 6.07) is 9.40. The van der Waals surface area contributed by atoms with E-state index in [0.717, 1.165) is 5.69 Å². The predicted molar refractivity (Wildman–Crippen MR) is 65.8 cm³/mol. The Morgan fingerprint density at radius 1 is 1.12 bits per heavy atom. The maximum atomic E-state index is 11.2. The molecule has 1 aromatic rings. The maximum Gasteiger partial charge on any atom is 0.221 e. The van der Waals surface area contributed by atoms with Crippen LogP contribution >= 0.6 is 0 Å². The first-order chi connectivity index (χ1) is 8.09. The molecule has 5 nitrogen and oxygen atoms in total. The molecular formula is C12H15N3O2. The minimum Gasteiger partial charge on any atom is -0.322 e. The second-order valence-electron chi connectivity index (χ2n) is 3.43. The molecule has 0 aliphatic rings. The van der Waals surface area contributed by atoms with Gasteiger partial charge in [0.25, 0.3) is 0 Å². The highest BCUT2D eigenvalue weighted by molar-refractivity contribution is 5.96. The summed E-state index contributed by atoms with van der Waals surface area (Å²) in [5, 5.41) is 2.44. The highest BCUT2D eigenvalue weighted by atomic mass is 16.2. The highest BCUT2D eigenvalue weighted by Gasteiger charge is 2.04. The average Bonchev–Trinajstić information content (AvgIpc) is 2.28. The van der Waals surface area contributed by atoms with Gasteiger partial charge in [-0.15, -0.1) is 0 Å². The van der Waals surface area contributed by atoms with Gasteiger partial charge in [-0.2, -0.15) is 0 Å². The standard InChI is InChI=1S/C12H15N3O2/c1-9(16)12(14-10(2)17)8-13-15-11-6-4-3-5-7-11/h3-8,13,15H,1-2H3,(H,14,17)/b12-8+. The van der Waals surface area contributed by atoms with Gasteiger partial charge in [0, 0.05) is 20.0 Å². The highest BCUT2D eigenvalue weighted by Crippen LogP contribution is 2.02. The van der Waals surface area contributed by atoms with Crippen molar-refractivity contribution in [3.05, 3.63) is 42.2 Å². The number of rotatable bonds is 5. The fourth-order valence-electron chi connectivity index (χ4n) is 1.13. The quantitative estimate of drug-likeness (QED) is 0.527. The lowest BCUT2D eigenvalue weighted by Gasteiger charge is -2.08. The number of Topliss-reactive ketones (excluding diaryl/α,β-unsaturated/α-hetero) is 1. The van der Waals surface area contributed by atoms with Crippen molar-refractivity contribution in [1.82, 2.24) is 10.7 Å². The molecule has 5 heteroatoms. The predicted octanol–water partition coefficient (Wildman–Crippen LogP) is 1.17. The molecule has 0 fully saturated rings. The van der Waals surface area contributed by atoms with Crippen molar-refractivity contribution in [3.8, 4) is 0 Å². The molecule has 0 spiro atoms. The average molecular weight is 233 g/mol. The van der Waals surface area contributed by atoms with Gasteiger partial charge in [0.1, 0.15) is 5.70 Å². The number of amides is 1. The third-order valence-corrected chi connectivity index (χ3v) is 1.90. The van der Waals surface area contributed by atoms with Crippen LogP contribution in [0, 0.1) is 0 Å². The molecule has 0 saturated heterocycles. The Bertz CT molecular complexity index is 427. The van der Waals surface area contributed by atoms with Crippen molar-refractivity contribution in [3.63, 3.8) is 0 Å². The molecule has 17 heavy (non-hydrogen) atoms. The first-order valence-electron chi connectivity index (χ1n) is 5.15. The molecule has 0 aromatic heterocycles. The van der Waals surface area contributed by atoms with Crippen LogP contribution in [0.5, 0.6) is 0 Å². The lowest BCUT2D eigenvalue weighted by atomic mass is 10.3. The molecule has 1 rings (SSSR count). The Morgan fingerprint density at radius 2 is 1.76 bits per heavy atom. The van der Waals surface area contributed by atoms with Crippen LogP contribution in [0.25, 0.3) is 0 Å². The number of carbonyl (C=O) groups is 2. The van der Waals surface area contributed by atoms with E-state index in [0.29, 0.717) is 0 Å². The summed E-state index contributed by atoms with van der Waals surface area (Å²) >= 11 is 0. The van der Waals surface area contributed by atoms with Crippen LogP contribution in [0.2, 0.25) is 0 Å². The fraction of sp³-hybridized carbons (Fsp3) is 0.167. The van der Waals surface area contributed by atoms with Crippen molar-refractivity contribution in [2.75, 3.05) is 5.43 Å². The van der Waals surface area contributed by atoms with Crippen molar-refractivity contribution < 1.29 is 9.59 Å². The topological polar surface area (TPSA) is 70.2 Å². The molecule has 0 aliphatic heterocycles. The van der Waals surface area contributed by atoms with Crippen molar-refractivity contribution >= 4 is 17.4 Å². The van der Waals surface area contributed by atoms with E-state index in [-0.39, 0.29) is 17.4 Å². The summed E-state index contributed by atoms with van der Waals surface area (Å²) < 4.78 is 0. The van der Waals surface area contributed by atoms with Gasteiger partial charge in [0.05, 0.1) is 5.69 Å². The minimum absolute atomic E-state index is 0.209. The number of benzene rings is 1.